The number of carbonyl (C=O) groups is 2. The molecule has 0 radical (unpaired) electrons. The van der Waals surface area contributed by atoms with E-state index in [4.69, 9.17) is 10.4 Å². The van der Waals surface area contributed by atoms with Gasteiger partial charge in [-0.25, -0.2) is 9.59 Å². The Labute approximate surface area is 108 Å². The quantitative estimate of drug-likeness (QED) is 0.874. The number of carbonyl (C=O) groups excluding carboxylic acids is 1. The fourth-order valence-electron chi connectivity index (χ4n) is 1.23. The minimum absolute atomic E-state index is 0.0645. The second-order valence-corrected chi connectivity index (χ2v) is 4.64. The van der Waals surface area contributed by atoms with Gasteiger partial charge in [-0.2, -0.15) is 5.26 Å². The van der Waals surface area contributed by atoms with Crippen LogP contribution in [0.5, 0.6) is 0 Å². The van der Waals surface area contributed by atoms with Crippen LogP contribution in [0.2, 0.25) is 0 Å². The van der Waals surface area contributed by atoms with Gasteiger partial charge in [0.2, 0.25) is 0 Å². The van der Waals surface area contributed by atoms with Crippen molar-refractivity contribution in [2.24, 2.45) is 0 Å². The lowest BCUT2D eigenvalue weighted by Crippen LogP contribution is -2.38. The maximum atomic E-state index is 11.8. The molecule has 18 heavy (non-hydrogen) atoms. The Morgan fingerprint density at radius 3 is 2.89 bits per heavy atom. The summed E-state index contributed by atoms with van der Waals surface area (Å²) in [7, 11) is 1.56. The van der Waals surface area contributed by atoms with Gasteiger partial charge in [0.15, 0.2) is 0 Å². The molecule has 2 N–H and O–H groups in total. The lowest BCUT2D eigenvalue weighted by atomic mass is 10.2. The number of aromatic carboxylic acids is 1. The van der Waals surface area contributed by atoms with E-state index in [1.54, 1.807) is 19.4 Å². The molecular weight excluding hydrogens is 254 g/mol. The first kappa shape index (κ1) is 14.0. The molecule has 0 fully saturated rings. The molecule has 0 saturated heterocycles. The third-order valence-corrected chi connectivity index (χ3v) is 3.31. The first-order valence-corrected chi connectivity index (χ1v) is 6.07. The zero-order valence-corrected chi connectivity index (χ0v) is 10.8. The zero-order valence-electron chi connectivity index (χ0n) is 10.0. The second kappa shape index (κ2) is 6.02. The van der Waals surface area contributed by atoms with Crippen LogP contribution in [0.3, 0.4) is 0 Å². The Bertz CT molecular complexity index is 492. The van der Waals surface area contributed by atoms with Gasteiger partial charge in [-0.1, -0.05) is 0 Å². The highest BCUT2D eigenvalue weighted by Gasteiger charge is 2.19. The molecule has 1 aromatic heterocycles. The van der Waals surface area contributed by atoms with Crippen LogP contribution in [0.25, 0.3) is 0 Å². The number of hydrogen-bond acceptors (Lipinski definition) is 4. The van der Waals surface area contributed by atoms with Crippen molar-refractivity contribution in [3.05, 3.63) is 17.0 Å². The summed E-state index contributed by atoms with van der Waals surface area (Å²) in [5.74, 6) is -1.08. The first-order valence-electron chi connectivity index (χ1n) is 5.19. The van der Waals surface area contributed by atoms with Gasteiger partial charge < -0.3 is 10.0 Å². The van der Waals surface area contributed by atoms with Crippen molar-refractivity contribution in [3.63, 3.8) is 0 Å². The maximum Gasteiger partial charge on any atom is 0.338 e. The molecule has 7 heteroatoms. The van der Waals surface area contributed by atoms with Gasteiger partial charge in [-0.3, -0.25) is 5.32 Å². The average Bonchev–Trinajstić information content (AvgIpc) is 2.76. The number of nitrogens with zero attached hydrogens (tertiary/aromatic N) is 2. The van der Waals surface area contributed by atoms with E-state index in [-0.39, 0.29) is 18.0 Å². The van der Waals surface area contributed by atoms with Gasteiger partial charge >= 0.3 is 12.0 Å². The van der Waals surface area contributed by atoms with Crippen LogP contribution in [0.4, 0.5) is 9.80 Å². The van der Waals surface area contributed by atoms with Crippen molar-refractivity contribution in [1.29, 1.82) is 5.26 Å². The van der Waals surface area contributed by atoms with Gasteiger partial charge in [0.05, 0.1) is 18.1 Å². The van der Waals surface area contributed by atoms with Crippen LogP contribution in [0.15, 0.2) is 11.4 Å². The number of urea groups is 1. The molecule has 0 bridgehead atoms. The van der Waals surface area contributed by atoms with Crippen LogP contribution in [0.1, 0.15) is 23.7 Å². The monoisotopic (exact) mass is 267 g/mol. The Kier molecular flexibility index (Phi) is 4.68. The number of hydrogen-bond donors (Lipinski definition) is 2. The fraction of sp³-hybridized carbons (Fsp3) is 0.364. The molecule has 0 aliphatic rings. The van der Waals surface area contributed by atoms with Crippen LogP contribution >= 0.6 is 11.3 Å². The molecule has 1 aromatic rings. The molecular formula is C11H13N3O3S. The highest BCUT2D eigenvalue weighted by atomic mass is 32.1. The average molecular weight is 267 g/mol. The SMILES string of the molecule is CC(CC#N)N(C)C(=O)Nc1sccc1C(=O)O. The maximum absolute atomic E-state index is 11.8. The van der Waals surface area contributed by atoms with Crippen molar-refractivity contribution in [3.8, 4) is 6.07 Å². The molecule has 96 valence electrons. The summed E-state index contributed by atoms with van der Waals surface area (Å²) in [5.41, 5.74) is 0.0645. The van der Waals surface area contributed by atoms with Crippen LogP contribution in [-0.2, 0) is 0 Å². The van der Waals surface area contributed by atoms with Gasteiger partial charge in [0.1, 0.15) is 5.00 Å². The van der Waals surface area contributed by atoms with Gasteiger partial charge in [-0.15, -0.1) is 11.3 Å². The van der Waals surface area contributed by atoms with Crippen molar-refractivity contribution >= 4 is 28.3 Å². The minimum Gasteiger partial charge on any atom is -0.478 e. The molecule has 0 aromatic carbocycles. The van der Waals surface area contributed by atoms with E-state index in [1.165, 1.54) is 11.0 Å². The van der Waals surface area contributed by atoms with E-state index < -0.39 is 12.0 Å². The van der Waals surface area contributed by atoms with Crippen LogP contribution in [0, 0.1) is 11.3 Å². The molecule has 1 atom stereocenters. The summed E-state index contributed by atoms with van der Waals surface area (Å²) >= 11 is 1.14. The minimum atomic E-state index is -1.08. The second-order valence-electron chi connectivity index (χ2n) is 3.72. The Hall–Kier alpha value is -2.07. The predicted octanol–water partition coefficient (Wildman–Crippen LogP) is 2.21. The van der Waals surface area contributed by atoms with Crippen molar-refractivity contribution < 1.29 is 14.7 Å². The zero-order chi connectivity index (χ0) is 13.7. The topological polar surface area (TPSA) is 93.4 Å². The highest BCUT2D eigenvalue weighted by Crippen LogP contribution is 2.23. The smallest absolute Gasteiger partial charge is 0.338 e. The molecule has 0 saturated carbocycles. The lowest BCUT2D eigenvalue weighted by Gasteiger charge is -2.22. The van der Waals surface area contributed by atoms with Crippen molar-refractivity contribution in [1.82, 2.24) is 4.90 Å². The molecule has 0 aliphatic heterocycles. The number of amides is 2. The van der Waals surface area contributed by atoms with E-state index in [0.29, 0.717) is 5.00 Å². The molecule has 1 rings (SSSR count). The summed E-state index contributed by atoms with van der Waals surface area (Å²) in [5, 5.41) is 21.9. The van der Waals surface area contributed by atoms with E-state index >= 15 is 0 Å². The van der Waals surface area contributed by atoms with Gasteiger partial charge in [0.25, 0.3) is 0 Å². The summed E-state index contributed by atoms with van der Waals surface area (Å²) in [6.07, 6.45) is 0.222. The number of anilines is 1. The van der Waals surface area contributed by atoms with Gasteiger partial charge in [0, 0.05) is 13.1 Å². The first-order chi connectivity index (χ1) is 8.47. The molecule has 1 unspecified atom stereocenters. The summed E-state index contributed by atoms with van der Waals surface area (Å²) in [6.45, 7) is 1.75. The lowest BCUT2D eigenvalue weighted by molar-refractivity contribution is 0.0698. The van der Waals surface area contributed by atoms with Gasteiger partial charge in [-0.05, 0) is 18.4 Å². The summed E-state index contributed by atoms with van der Waals surface area (Å²) < 4.78 is 0. The van der Waals surface area contributed by atoms with E-state index in [9.17, 15) is 9.59 Å². The van der Waals surface area contributed by atoms with E-state index in [0.717, 1.165) is 11.3 Å². The summed E-state index contributed by atoms with van der Waals surface area (Å²) in [6, 6.07) is 2.75. The van der Waals surface area contributed by atoms with Crippen molar-refractivity contribution in [2.45, 2.75) is 19.4 Å². The number of carboxylic acid groups (broad SMARTS) is 1. The highest BCUT2D eigenvalue weighted by molar-refractivity contribution is 7.14. The Morgan fingerprint density at radius 1 is 1.67 bits per heavy atom. The Morgan fingerprint density at radius 2 is 2.33 bits per heavy atom. The molecule has 2 amide bonds. The third kappa shape index (κ3) is 3.21. The number of rotatable bonds is 4. The molecule has 1 heterocycles. The normalized spacial score (nSPS) is 11.4. The fourth-order valence-corrected chi connectivity index (χ4v) is 2.00. The van der Waals surface area contributed by atoms with E-state index in [1.807, 2.05) is 6.07 Å². The number of nitrogens with one attached hydrogen (secondary N) is 1. The predicted molar refractivity (Wildman–Crippen MR) is 67.8 cm³/mol. The van der Waals surface area contributed by atoms with Crippen molar-refractivity contribution in [2.75, 3.05) is 12.4 Å². The van der Waals surface area contributed by atoms with E-state index in [2.05, 4.69) is 5.32 Å². The number of carboxylic acids is 1. The van der Waals surface area contributed by atoms with Crippen LogP contribution in [-0.4, -0.2) is 35.1 Å². The molecule has 6 nitrogen and oxygen atoms in total. The van der Waals surface area contributed by atoms with Crippen LogP contribution < -0.4 is 5.32 Å². The Balaban J connectivity index is 2.73. The number of nitriles is 1. The molecule has 0 spiro atoms. The third-order valence-electron chi connectivity index (χ3n) is 2.48. The summed E-state index contributed by atoms with van der Waals surface area (Å²) in [4.78, 5) is 24.1. The standard InChI is InChI=1S/C11H13N3O3S/c1-7(3-5-12)14(2)11(17)13-9-8(10(15)16)4-6-18-9/h4,6-7H,3H2,1-2H3,(H,13,17)(H,15,16). The largest absolute Gasteiger partial charge is 0.478 e. The number of thiophene rings is 1. The molecule has 0 aliphatic carbocycles.